The van der Waals surface area contributed by atoms with Gasteiger partial charge < -0.3 is 24.1 Å². The van der Waals surface area contributed by atoms with Crippen molar-refractivity contribution >= 4 is 5.97 Å². The number of carbonyl (C=O) groups is 1. The lowest BCUT2D eigenvalue weighted by Gasteiger charge is -2.42. The largest absolute Gasteiger partial charge is 0.457 e. The number of unbranched alkanes of at least 4 members (excludes halogenated alkanes) is 4. The van der Waals surface area contributed by atoms with Crippen LogP contribution in [0.5, 0.6) is 0 Å². The molecule has 2 fully saturated rings. The quantitative estimate of drug-likeness (QED) is 0.434. The third kappa shape index (κ3) is 6.27. The number of ether oxygens (including phenoxy) is 4. The maximum atomic E-state index is 12.5. The Morgan fingerprint density at radius 2 is 1.87 bits per heavy atom. The number of carbonyl (C=O) groups excluding carboxylic acids is 1. The Balaban J connectivity index is 1.65. The number of rotatable bonds is 11. The summed E-state index contributed by atoms with van der Waals surface area (Å²) >= 11 is 0. The van der Waals surface area contributed by atoms with E-state index in [9.17, 15) is 9.90 Å². The normalized spacial score (nSPS) is 30.8. The minimum Gasteiger partial charge on any atom is -0.457 e. The van der Waals surface area contributed by atoms with Crippen LogP contribution in [-0.4, -0.2) is 54.3 Å². The molecule has 6 unspecified atom stereocenters. The van der Waals surface area contributed by atoms with Crippen LogP contribution in [0.15, 0.2) is 30.3 Å². The molecule has 2 heterocycles. The fraction of sp³-hybridized carbons (Fsp3) is 0.708. The first-order valence-electron chi connectivity index (χ1n) is 11.4. The van der Waals surface area contributed by atoms with E-state index < -0.39 is 18.3 Å². The summed E-state index contributed by atoms with van der Waals surface area (Å²) in [6, 6.07) is 9.88. The van der Waals surface area contributed by atoms with E-state index in [1.165, 1.54) is 12.8 Å². The van der Waals surface area contributed by atoms with Crippen LogP contribution in [0, 0.1) is 0 Å². The molecule has 6 heteroatoms. The lowest BCUT2D eigenvalue weighted by atomic mass is 9.94. The zero-order valence-corrected chi connectivity index (χ0v) is 18.2. The molecular formula is C24H36O6. The molecule has 168 valence electrons. The number of fused-ring (bicyclic) bond motifs is 1. The molecule has 0 amide bonds. The molecule has 1 aromatic carbocycles. The van der Waals surface area contributed by atoms with Crippen molar-refractivity contribution in [1.29, 1.82) is 0 Å². The van der Waals surface area contributed by atoms with E-state index in [0.29, 0.717) is 13.0 Å². The van der Waals surface area contributed by atoms with Crippen molar-refractivity contribution < 1.29 is 28.8 Å². The van der Waals surface area contributed by atoms with Crippen molar-refractivity contribution in [2.75, 3.05) is 6.61 Å². The Labute approximate surface area is 179 Å². The van der Waals surface area contributed by atoms with Crippen LogP contribution in [0.2, 0.25) is 0 Å². The average molecular weight is 421 g/mol. The van der Waals surface area contributed by atoms with Crippen molar-refractivity contribution in [2.24, 2.45) is 0 Å². The number of hydrogen-bond acceptors (Lipinski definition) is 6. The molecule has 6 nitrogen and oxygen atoms in total. The molecule has 0 bridgehead atoms. The zero-order valence-electron chi connectivity index (χ0n) is 18.2. The van der Waals surface area contributed by atoms with Gasteiger partial charge in [-0.25, -0.2) is 0 Å². The minimum absolute atomic E-state index is 0.0372. The summed E-state index contributed by atoms with van der Waals surface area (Å²) < 4.78 is 24.2. The van der Waals surface area contributed by atoms with E-state index in [1.807, 2.05) is 37.3 Å². The summed E-state index contributed by atoms with van der Waals surface area (Å²) in [4.78, 5) is 12.5. The number of aliphatic hydroxyl groups excluding tert-OH is 1. The maximum Gasteiger partial charge on any atom is 0.306 e. The fourth-order valence-corrected chi connectivity index (χ4v) is 4.32. The highest BCUT2D eigenvalue weighted by Crippen LogP contribution is 2.36. The maximum absolute atomic E-state index is 12.5. The fourth-order valence-electron chi connectivity index (χ4n) is 4.32. The number of hydrogen-bond donors (Lipinski definition) is 1. The van der Waals surface area contributed by atoms with Gasteiger partial charge in [0.15, 0.2) is 6.10 Å². The summed E-state index contributed by atoms with van der Waals surface area (Å²) in [6.07, 6.45) is 4.22. The van der Waals surface area contributed by atoms with Crippen LogP contribution >= 0.6 is 0 Å². The molecule has 2 aliphatic rings. The number of esters is 1. The second kappa shape index (κ2) is 11.8. The SMILES string of the molecule is CCCCCCCC(=O)OC1C(CO)OC2CC(C)OC2C1OCc1ccccc1. The van der Waals surface area contributed by atoms with Crippen LogP contribution in [0.3, 0.4) is 0 Å². The summed E-state index contributed by atoms with van der Waals surface area (Å²) in [5.41, 5.74) is 1.04. The van der Waals surface area contributed by atoms with Gasteiger partial charge in [0, 0.05) is 12.8 Å². The molecule has 0 spiro atoms. The van der Waals surface area contributed by atoms with Crippen LogP contribution < -0.4 is 0 Å². The van der Waals surface area contributed by atoms with Gasteiger partial charge in [-0.05, 0) is 18.9 Å². The van der Waals surface area contributed by atoms with Gasteiger partial charge >= 0.3 is 5.97 Å². The summed E-state index contributed by atoms with van der Waals surface area (Å²) in [5.74, 6) is -0.267. The topological polar surface area (TPSA) is 74.2 Å². The minimum atomic E-state index is -0.687. The van der Waals surface area contributed by atoms with E-state index in [-0.39, 0.29) is 30.9 Å². The first-order valence-corrected chi connectivity index (χ1v) is 11.4. The first-order chi connectivity index (χ1) is 14.6. The standard InChI is InChI=1S/C24H36O6/c1-3-4-5-6-10-13-21(26)30-23-20(15-25)29-19-14-17(2)28-22(19)24(23)27-16-18-11-8-7-9-12-18/h7-9,11-12,17,19-20,22-25H,3-6,10,13-16H2,1-2H3. The molecule has 2 saturated heterocycles. The molecule has 0 aliphatic carbocycles. The van der Waals surface area contributed by atoms with Crippen molar-refractivity contribution in [1.82, 2.24) is 0 Å². The Morgan fingerprint density at radius 3 is 2.60 bits per heavy atom. The highest BCUT2D eigenvalue weighted by molar-refractivity contribution is 5.69. The van der Waals surface area contributed by atoms with Gasteiger partial charge in [0.25, 0.3) is 0 Å². The van der Waals surface area contributed by atoms with Crippen molar-refractivity contribution in [2.45, 2.75) is 102 Å². The highest BCUT2D eigenvalue weighted by atomic mass is 16.6. The first kappa shape index (κ1) is 23.2. The van der Waals surface area contributed by atoms with Gasteiger partial charge in [-0.3, -0.25) is 4.79 Å². The van der Waals surface area contributed by atoms with Gasteiger partial charge in [-0.15, -0.1) is 0 Å². The molecule has 0 radical (unpaired) electrons. The molecule has 0 aromatic heterocycles. The van der Waals surface area contributed by atoms with Crippen LogP contribution in [-0.2, 0) is 30.3 Å². The van der Waals surface area contributed by atoms with Crippen LogP contribution in [0.1, 0.15) is 64.4 Å². The van der Waals surface area contributed by atoms with Crippen LogP contribution in [0.25, 0.3) is 0 Å². The van der Waals surface area contributed by atoms with Gasteiger partial charge in [0.05, 0.1) is 25.4 Å². The summed E-state index contributed by atoms with van der Waals surface area (Å²) in [7, 11) is 0. The average Bonchev–Trinajstić information content (AvgIpc) is 3.13. The highest BCUT2D eigenvalue weighted by Gasteiger charge is 2.52. The summed E-state index contributed by atoms with van der Waals surface area (Å²) in [6.45, 7) is 4.33. The molecule has 1 aromatic rings. The smallest absolute Gasteiger partial charge is 0.306 e. The molecule has 30 heavy (non-hydrogen) atoms. The Bertz CT molecular complexity index is 636. The monoisotopic (exact) mass is 420 g/mol. The van der Waals surface area contributed by atoms with E-state index in [2.05, 4.69) is 6.92 Å². The van der Waals surface area contributed by atoms with Crippen LogP contribution in [0.4, 0.5) is 0 Å². The van der Waals surface area contributed by atoms with Crippen molar-refractivity contribution in [3.8, 4) is 0 Å². The third-order valence-corrected chi connectivity index (χ3v) is 5.90. The predicted octanol–water partition coefficient (Wildman–Crippen LogP) is 3.78. The van der Waals surface area contributed by atoms with Gasteiger partial charge in [0.1, 0.15) is 18.3 Å². The summed E-state index contributed by atoms with van der Waals surface area (Å²) in [5, 5.41) is 9.92. The molecule has 3 rings (SSSR count). The van der Waals surface area contributed by atoms with Gasteiger partial charge in [-0.1, -0.05) is 62.9 Å². The van der Waals surface area contributed by atoms with E-state index in [0.717, 1.165) is 31.2 Å². The zero-order chi connectivity index (χ0) is 21.3. The van der Waals surface area contributed by atoms with E-state index in [1.54, 1.807) is 0 Å². The van der Waals surface area contributed by atoms with Gasteiger partial charge in [-0.2, -0.15) is 0 Å². The van der Waals surface area contributed by atoms with Crippen molar-refractivity contribution in [3.63, 3.8) is 0 Å². The number of benzene rings is 1. The molecule has 0 saturated carbocycles. The third-order valence-electron chi connectivity index (χ3n) is 5.90. The molecule has 2 aliphatic heterocycles. The van der Waals surface area contributed by atoms with E-state index in [4.69, 9.17) is 18.9 Å². The molecule has 6 atom stereocenters. The lowest BCUT2D eigenvalue weighted by molar-refractivity contribution is -0.243. The Kier molecular flexibility index (Phi) is 9.12. The predicted molar refractivity (Wildman–Crippen MR) is 113 cm³/mol. The Hall–Kier alpha value is -1.47. The van der Waals surface area contributed by atoms with E-state index >= 15 is 0 Å². The number of aliphatic hydroxyl groups is 1. The molecular weight excluding hydrogens is 384 g/mol. The molecule has 1 N–H and O–H groups in total. The van der Waals surface area contributed by atoms with Crippen molar-refractivity contribution in [3.05, 3.63) is 35.9 Å². The van der Waals surface area contributed by atoms with Gasteiger partial charge in [0.2, 0.25) is 0 Å². The Morgan fingerprint density at radius 1 is 1.10 bits per heavy atom. The second-order valence-electron chi connectivity index (χ2n) is 8.42. The second-order valence-corrected chi connectivity index (χ2v) is 8.42. The lowest BCUT2D eigenvalue weighted by Crippen LogP contribution is -2.59.